The molecule has 0 aliphatic heterocycles. The lowest BCUT2D eigenvalue weighted by Gasteiger charge is -1.85. The molecule has 44 valence electrons. The van der Waals surface area contributed by atoms with Crippen LogP contribution in [0.25, 0.3) is 4.85 Å². The minimum absolute atomic E-state index is 0.461. The standard InChI is InChI=1S/C7H6N2/c1-8-6-7-2-4-9-5-3-7/h2-5H,6H2. The van der Waals surface area contributed by atoms with E-state index in [0.717, 1.165) is 5.56 Å². The van der Waals surface area contributed by atoms with Crippen molar-refractivity contribution in [3.05, 3.63) is 41.5 Å². The topological polar surface area (TPSA) is 17.2 Å². The van der Waals surface area contributed by atoms with Gasteiger partial charge in [0.25, 0.3) is 0 Å². The summed E-state index contributed by atoms with van der Waals surface area (Å²) in [7, 11) is 0. The summed E-state index contributed by atoms with van der Waals surface area (Å²) in [5.74, 6) is 0. The molecule has 0 bridgehead atoms. The van der Waals surface area contributed by atoms with Crippen molar-refractivity contribution in [3.8, 4) is 0 Å². The van der Waals surface area contributed by atoms with Crippen LogP contribution in [0.1, 0.15) is 5.56 Å². The molecule has 9 heavy (non-hydrogen) atoms. The fourth-order valence-corrected chi connectivity index (χ4v) is 0.579. The highest BCUT2D eigenvalue weighted by Gasteiger charge is 1.88. The quantitative estimate of drug-likeness (QED) is 0.511. The van der Waals surface area contributed by atoms with Gasteiger partial charge in [-0.25, -0.2) is 6.57 Å². The fourth-order valence-electron chi connectivity index (χ4n) is 0.579. The van der Waals surface area contributed by atoms with E-state index >= 15 is 0 Å². The van der Waals surface area contributed by atoms with E-state index in [2.05, 4.69) is 9.83 Å². The fraction of sp³-hybridized carbons (Fsp3) is 0.143. The second-order valence-electron chi connectivity index (χ2n) is 1.67. The van der Waals surface area contributed by atoms with Crippen LogP contribution >= 0.6 is 0 Å². The van der Waals surface area contributed by atoms with E-state index in [4.69, 9.17) is 6.57 Å². The predicted octanol–water partition coefficient (Wildman–Crippen LogP) is 1.50. The normalized spacial score (nSPS) is 8.33. The average Bonchev–Trinajstić information content (AvgIpc) is 1.91. The van der Waals surface area contributed by atoms with Gasteiger partial charge >= 0.3 is 0 Å². The molecule has 1 rings (SSSR count). The van der Waals surface area contributed by atoms with Crippen LogP contribution < -0.4 is 0 Å². The monoisotopic (exact) mass is 118 g/mol. The highest BCUT2D eigenvalue weighted by Crippen LogP contribution is 1.96. The molecular weight excluding hydrogens is 112 g/mol. The second-order valence-corrected chi connectivity index (χ2v) is 1.67. The first kappa shape index (κ1) is 5.77. The van der Waals surface area contributed by atoms with Crippen molar-refractivity contribution in [1.82, 2.24) is 4.98 Å². The zero-order valence-corrected chi connectivity index (χ0v) is 4.91. The molecule has 1 aromatic heterocycles. The molecule has 2 heteroatoms. The molecule has 0 unspecified atom stereocenters. The smallest absolute Gasteiger partial charge is 0.239 e. The maximum absolute atomic E-state index is 6.54. The van der Waals surface area contributed by atoms with Crippen molar-refractivity contribution in [2.45, 2.75) is 6.54 Å². The van der Waals surface area contributed by atoms with Gasteiger partial charge in [0.15, 0.2) is 0 Å². The van der Waals surface area contributed by atoms with Crippen molar-refractivity contribution in [3.63, 3.8) is 0 Å². The van der Waals surface area contributed by atoms with Crippen LogP contribution in [-0.4, -0.2) is 4.98 Å². The van der Waals surface area contributed by atoms with E-state index in [1.807, 2.05) is 12.1 Å². The largest absolute Gasteiger partial charge is 0.312 e. The number of rotatable bonds is 1. The molecule has 0 radical (unpaired) electrons. The molecule has 1 aromatic rings. The Kier molecular flexibility index (Phi) is 1.81. The van der Waals surface area contributed by atoms with Crippen LogP contribution in [0.5, 0.6) is 0 Å². The van der Waals surface area contributed by atoms with Crippen molar-refractivity contribution in [2.75, 3.05) is 0 Å². The van der Waals surface area contributed by atoms with E-state index in [0.29, 0.717) is 6.54 Å². The summed E-state index contributed by atoms with van der Waals surface area (Å²) in [6.45, 7) is 7.01. The number of hydrogen-bond donors (Lipinski definition) is 0. The summed E-state index contributed by atoms with van der Waals surface area (Å²) < 4.78 is 0. The van der Waals surface area contributed by atoms with Crippen molar-refractivity contribution >= 4 is 0 Å². The molecular formula is C7H6N2. The summed E-state index contributed by atoms with van der Waals surface area (Å²) in [6, 6.07) is 3.69. The Morgan fingerprint density at radius 3 is 2.67 bits per heavy atom. The Balaban J connectivity index is 2.76. The summed E-state index contributed by atoms with van der Waals surface area (Å²) in [5.41, 5.74) is 1.03. The van der Waals surface area contributed by atoms with Gasteiger partial charge < -0.3 is 4.85 Å². The van der Waals surface area contributed by atoms with Gasteiger partial charge in [0, 0.05) is 18.0 Å². The maximum Gasteiger partial charge on any atom is 0.239 e. The van der Waals surface area contributed by atoms with Gasteiger partial charge in [-0.15, -0.1) is 0 Å². The molecule has 2 nitrogen and oxygen atoms in total. The minimum Gasteiger partial charge on any atom is -0.312 e. The second kappa shape index (κ2) is 2.83. The molecule has 0 aromatic carbocycles. The molecule has 0 N–H and O–H groups in total. The Hall–Kier alpha value is -1.36. The van der Waals surface area contributed by atoms with Gasteiger partial charge in [-0.1, -0.05) is 0 Å². The number of pyridine rings is 1. The zero-order chi connectivity index (χ0) is 6.53. The predicted molar refractivity (Wildman–Crippen MR) is 34.5 cm³/mol. The van der Waals surface area contributed by atoms with Crippen molar-refractivity contribution in [2.24, 2.45) is 0 Å². The van der Waals surface area contributed by atoms with Gasteiger partial charge in [-0.3, -0.25) is 4.98 Å². The van der Waals surface area contributed by atoms with Crippen LogP contribution in [0.2, 0.25) is 0 Å². The lowest BCUT2D eigenvalue weighted by Crippen LogP contribution is -1.77. The van der Waals surface area contributed by atoms with Crippen LogP contribution in [0.4, 0.5) is 0 Å². The van der Waals surface area contributed by atoms with Crippen LogP contribution in [0, 0.1) is 6.57 Å². The Morgan fingerprint density at radius 1 is 1.44 bits per heavy atom. The molecule has 0 saturated carbocycles. The molecule has 0 fully saturated rings. The number of aromatic nitrogens is 1. The van der Waals surface area contributed by atoms with E-state index in [1.54, 1.807) is 12.4 Å². The SMILES string of the molecule is [C-]#[N+]Cc1ccncc1. The lowest BCUT2D eigenvalue weighted by atomic mass is 10.3. The Labute approximate surface area is 54.0 Å². The molecule has 1 heterocycles. The van der Waals surface area contributed by atoms with Crippen LogP contribution in [-0.2, 0) is 6.54 Å². The maximum atomic E-state index is 6.54. The van der Waals surface area contributed by atoms with Gasteiger partial charge in [0.1, 0.15) is 0 Å². The first-order valence-corrected chi connectivity index (χ1v) is 2.65. The summed E-state index contributed by atoms with van der Waals surface area (Å²) in [5, 5.41) is 0. The number of hydrogen-bond acceptors (Lipinski definition) is 1. The third kappa shape index (κ3) is 1.54. The summed E-state index contributed by atoms with van der Waals surface area (Å²) in [6.07, 6.45) is 3.39. The molecule has 0 saturated heterocycles. The van der Waals surface area contributed by atoms with E-state index < -0.39 is 0 Å². The Morgan fingerprint density at radius 2 is 2.11 bits per heavy atom. The molecule has 0 amide bonds. The van der Waals surface area contributed by atoms with Gasteiger partial charge in [0.2, 0.25) is 6.54 Å². The third-order valence-corrected chi connectivity index (χ3v) is 1.01. The van der Waals surface area contributed by atoms with Crippen molar-refractivity contribution < 1.29 is 0 Å². The van der Waals surface area contributed by atoms with Gasteiger partial charge in [-0.2, -0.15) is 0 Å². The zero-order valence-electron chi connectivity index (χ0n) is 4.91. The van der Waals surface area contributed by atoms with Crippen LogP contribution in [0.3, 0.4) is 0 Å². The highest BCUT2D eigenvalue weighted by atomic mass is 14.6. The first-order valence-electron chi connectivity index (χ1n) is 2.65. The molecule has 0 spiro atoms. The van der Waals surface area contributed by atoms with Crippen LogP contribution in [0.15, 0.2) is 24.5 Å². The third-order valence-electron chi connectivity index (χ3n) is 1.01. The first-order chi connectivity index (χ1) is 4.43. The van der Waals surface area contributed by atoms with E-state index in [1.165, 1.54) is 0 Å². The lowest BCUT2D eigenvalue weighted by molar-refractivity contribution is 1.21. The van der Waals surface area contributed by atoms with Crippen molar-refractivity contribution in [1.29, 1.82) is 0 Å². The van der Waals surface area contributed by atoms with Gasteiger partial charge in [-0.05, 0) is 12.1 Å². The number of nitrogens with zero attached hydrogens (tertiary/aromatic N) is 2. The minimum atomic E-state index is 0.461. The summed E-state index contributed by atoms with van der Waals surface area (Å²) >= 11 is 0. The van der Waals surface area contributed by atoms with E-state index in [9.17, 15) is 0 Å². The van der Waals surface area contributed by atoms with E-state index in [-0.39, 0.29) is 0 Å². The summed E-state index contributed by atoms with van der Waals surface area (Å²) in [4.78, 5) is 7.05. The average molecular weight is 118 g/mol. The highest BCUT2D eigenvalue weighted by molar-refractivity contribution is 5.10. The molecule has 0 atom stereocenters. The van der Waals surface area contributed by atoms with Gasteiger partial charge in [0.05, 0.1) is 0 Å². The molecule has 0 aliphatic rings. The Bertz CT molecular complexity index is 210. The molecule has 0 aliphatic carbocycles.